The molecule has 0 spiro atoms. The molecular formula is C22H29N3O3. The van der Waals surface area contributed by atoms with Crippen molar-refractivity contribution >= 4 is 11.8 Å². The molecule has 1 aromatic heterocycles. The second-order valence-electron chi connectivity index (χ2n) is 7.55. The number of nitrogens with zero attached hydrogens (tertiary/aromatic N) is 1. The van der Waals surface area contributed by atoms with Crippen LogP contribution >= 0.6 is 0 Å². The SMILES string of the molecule is CC(C)(C)c1ccc(OCCCC(=O)NCCNC(=O)c2ccccn2)cc1. The van der Waals surface area contributed by atoms with E-state index >= 15 is 0 Å². The zero-order chi connectivity index (χ0) is 20.4. The topological polar surface area (TPSA) is 80.3 Å². The van der Waals surface area contributed by atoms with Gasteiger partial charge in [0.25, 0.3) is 5.91 Å². The van der Waals surface area contributed by atoms with Gasteiger partial charge < -0.3 is 15.4 Å². The zero-order valence-corrected chi connectivity index (χ0v) is 16.8. The molecule has 0 aliphatic carbocycles. The van der Waals surface area contributed by atoms with Gasteiger partial charge in [-0.05, 0) is 41.7 Å². The maximum Gasteiger partial charge on any atom is 0.269 e. The van der Waals surface area contributed by atoms with Gasteiger partial charge in [0.15, 0.2) is 0 Å². The van der Waals surface area contributed by atoms with Crippen molar-refractivity contribution in [1.29, 1.82) is 0 Å². The first-order chi connectivity index (χ1) is 13.4. The number of carbonyl (C=O) groups excluding carboxylic acids is 2. The minimum absolute atomic E-state index is 0.0567. The quantitative estimate of drug-likeness (QED) is 0.652. The summed E-state index contributed by atoms with van der Waals surface area (Å²) in [6, 6.07) is 13.2. The Hall–Kier alpha value is -2.89. The third-order valence-corrected chi connectivity index (χ3v) is 4.17. The van der Waals surface area contributed by atoms with Crippen molar-refractivity contribution in [1.82, 2.24) is 15.6 Å². The van der Waals surface area contributed by atoms with Gasteiger partial charge in [-0.2, -0.15) is 0 Å². The highest BCUT2D eigenvalue weighted by molar-refractivity contribution is 5.92. The molecular weight excluding hydrogens is 354 g/mol. The van der Waals surface area contributed by atoms with Gasteiger partial charge in [-0.25, -0.2) is 0 Å². The molecule has 1 aromatic carbocycles. The van der Waals surface area contributed by atoms with Gasteiger partial charge in [-0.1, -0.05) is 39.0 Å². The number of carbonyl (C=O) groups is 2. The largest absolute Gasteiger partial charge is 0.494 e. The van der Waals surface area contributed by atoms with E-state index in [0.29, 0.717) is 38.2 Å². The number of nitrogens with one attached hydrogen (secondary N) is 2. The summed E-state index contributed by atoms with van der Waals surface area (Å²) < 4.78 is 5.69. The van der Waals surface area contributed by atoms with Crippen LogP contribution in [0.1, 0.15) is 49.7 Å². The van der Waals surface area contributed by atoms with Crippen LogP contribution in [-0.2, 0) is 10.2 Å². The molecule has 0 saturated heterocycles. The van der Waals surface area contributed by atoms with Gasteiger partial charge in [0.2, 0.25) is 5.91 Å². The van der Waals surface area contributed by atoms with Crippen molar-refractivity contribution in [2.75, 3.05) is 19.7 Å². The number of benzene rings is 1. The Morgan fingerprint density at radius 2 is 1.71 bits per heavy atom. The molecule has 0 atom stereocenters. The monoisotopic (exact) mass is 383 g/mol. The Kier molecular flexibility index (Phi) is 7.99. The van der Waals surface area contributed by atoms with Gasteiger partial charge in [-0.15, -0.1) is 0 Å². The average molecular weight is 383 g/mol. The molecule has 0 saturated carbocycles. The minimum atomic E-state index is -0.249. The van der Waals surface area contributed by atoms with E-state index < -0.39 is 0 Å². The Labute approximate surface area is 166 Å². The third-order valence-electron chi connectivity index (χ3n) is 4.17. The van der Waals surface area contributed by atoms with Crippen molar-refractivity contribution in [2.45, 2.75) is 39.0 Å². The Bertz CT molecular complexity index is 753. The second-order valence-corrected chi connectivity index (χ2v) is 7.55. The van der Waals surface area contributed by atoms with Crippen LogP contribution in [0.2, 0.25) is 0 Å². The molecule has 2 aromatic rings. The van der Waals surface area contributed by atoms with Crippen molar-refractivity contribution in [3.05, 3.63) is 59.9 Å². The molecule has 28 heavy (non-hydrogen) atoms. The number of hydrogen-bond acceptors (Lipinski definition) is 4. The van der Waals surface area contributed by atoms with Crippen LogP contribution in [0, 0.1) is 0 Å². The van der Waals surface area contributed by atoms with Crippen molar-refractivity contribution < 1.29 is 14.3 Å². The number of pyridine rings is 1. The standard InChI is InChI=1S/C22H29N3O3/c1-22(2,3)17-9-11-18(12-10-17)28-16-6-8-20(26)24-14-15-25-21(27)19-7-4-5-13-23-19/h4-5,7,9-13H,6,8,14-16H2,1-3H3,(H,24,26)(H,25,27). The third kappa shape index (κ3) is 7.39. The number of hydrogen-bond donors (Lipinski definition) is 2. The second kappa shape index (κ2) is 10.4. The lowest BCUT2D eigenvalue weighted by molar-refractivity contribution is -0.121. The molecule has 0 aliphatic rings. The molecule has 0 aliphatic heterocycles. The van der Waals surface area contributed by atoms with Gasteiger partial charge in [0.05, 0.1) is 6.61 Å². The van der Waals surface area contributed by atoms with Gasteiger partial charge >= 0.3 is 0 Å². The Balaban J connectivity index is 1.56. The lowest BCUT2D eigenvalue weighted by atomic mass is 9.87. The minimum Gasteiger partial charge on any atom is -0.494 e. The summed E-state index contributed by atoms with van der Waals surface area (Å²) in [5, 5.41) is 5.50. The van der Waals surface area contributed by atoms with Crippen molar-refractivity contribution in [3.8, 4) is 5.75 Å². The van der Waals surface area contributed by atoms with Crippen molar-refractivity contribution in [2.24, 2.45) is 0 Å². The summed E-state index contributed by atoms with van der Waals surface area (Å²) >= 11 is 0. The molecule has 2 N–H and O–H groups in total. The Morgan fingerprint density at radius 3 is 2.36 bits per heavy atom. The van der Waals surface area contributed by atoms with E-state index in [0.717, 1.165) is 5.75 Å². The number of aromatic nitrogens is 1. The van der Waals surface area contributed by atoms with Crippen LogP contribution in [0.15, 0.2) is 48.7 Å². The summed E-state index contributed by atoms with van der Waals surface area (Å²) in [5.74, 6) is 0.505. The number of rotatable bonds is 9. The Morgan fingerprint density at radius 1 is 1.00 bits per heavy atom. The highest BCUT2D eigenvalue weighted by atomic mass is 16.5. The van der Waals surface area contributed by atoms with Crippen LogP contribution < -0.4 is 15.4 Å². The van der Waals surface area contributed by atoms with Crippen LogP contribution in [0.3, 0.4) is 0 Å². The summed E-state index contributed by atoms with van der Waals surface area (Å²) in [6.45, 7) is 7.74. The van der Waals surface area contributed by atoms with E-state index in [1.807, 2.05) is 12.1 Å². The maximum absolute atomic E-state index is 11.8. The fourth-order valence-electron chi connectivity index (χ4n) is 2.53. The molecule has 2 amide bonds. The molecule has 0 bridgehead atoms. The van der Waals surface area contributed by atoms with Gasteiger partial charge in [0, 0.05) is 25.7 Å². The molecule has 1 heterocycles. The molecule has 6 heteroatoms. The first-order valence-electron chi connectivity index (χ1n) is 9.55. The van der Waals surface area contributed by atoms with E-state index in [1.54, 1.807) is 24.4 Å². The van der Waals surface area contributed by atoms with E-state index in [2.05, 4.69) is 48.5 Å². The summed E-state index contributed by atoms with van der Waals surface area (Å²) in [7, 11) is 0. The molecule has 0 unspecified atom stereocenters. The van der Waals surface area contributed by atoms with E-state index in [-0.39, 0.29) is 17.2 Å². The lowest BCUT2D eigenvalue weighted by Crippen LogP contribution is -2.35. The molecule has 6 nitrogen and oxygen atoms in total. The van der Waals surface area contributed by atoms with Gasteiger partial charge in [-0.3, -0.25) is 14.6 Å². The van der Waals surface area contributed by atoms with Crippen molar-refractivity contribution in [3.63, 3.8) is 0 Å². The summed E-state index contributed by atoms with van der Waals surface area (Å²) in [5.41, 5.74) is 1.74. The predicted molar refractivity (Wildman–Crippen MR) is 109 cm³/mol. The van der Waals surface area contributed by atoms with Crippen LogP contribution in [0.25, 0.3) is 0 Å². The molecule has 2 rings (SSSR count). The highest BCUT2D eigenvalue weighted by Gasteiger charge is 2.13. The van der Waals surface area contributed by atoms with E-state index in [1.165, 1.54) is 5.56 Å². The molecule has 0 radical (unpaired) electrons. The maximum atomic E-state index is 11.8. The fourth-order valence-corrected chi connectivity index (χ4v) is 2.53. The lowest BCUT2D eigenvalue weighted by Gasteiger charge is -2.19. The number of ether oxygens (including phenoxy) is 1. The van der Waals surface area contributed by atoms with E-state index in [9.17, 15) is 9.59 Å². The summed E-state index contributed by atoms with van der Waals surface area (Å²) in [4.78, 5) is 27.6. The number of amides is 2. The zero-order valence-electron chi connectivity index (χ0n) is 16.8. The molecule has 0 fully saturated rings. The fraction of sp³-hybridized carbons (Fsp3) is 0.409. The summed E-state index contributed by atoms with van der Waals surface area (Å²) in [6.07, 6.45) is 2.58. The van der Waals surface area contributed by atoms with Gasteiger partial charge in [0.1, 0.15) is 11.4 Å². The molecule has 150 valence electrons. The van der Waals surface area contributed by atoms with Crippen LogP contribution in [0.5, 0.6) is 5.75 Å². The van der Waals surface area contributed by atoms with Crippen LogP contribution in [0.4, 0.5) is 0 Å². The predicted octanol–water partition coefficient (Wildman–Crippen LogP) is 3.08. The average Bonchev–Trinajstić information content (AvgIpc) is 2.69. The first kappa shape index (κ1) is 21.4. The van der Waals surface area contributed by atoms with Crippen LogP contribution in [-0.4, -0.2) is 36.5 Å². The normalized spacial score (nSPS) is 11.0. The first-order valence-corrected chi connectivity index (χ1v) is 9.55. The smallest absolute Gasteiger partial charge is 0.269 e. The van der Waals surface area contributed by atoms with E-state index in [4.69, 9.17) is 4.74 Å². The highest BCUT2D eigenvalue weighted by Crippen LogP contribution is 2.24.